The number of hydrogen-bond acceptors (Lipinski definition) is 4. The number of carbonyl (C=O) groups is 1. The van der Waals surface area contributed by atoms with Gasteiger partial charge in [0.1, 0.15) is 0 Å². The maximum absolute atomic E-state index is 12.1. The molecule has 0 bridgehead atoms. The largest absolute Gasteiger partial charge is 0.529 e. The van der Waals surface area contributed by atoms with Gasteiger partial charge in [0.25, 0.3) is 0 Å². The fourth-order valence-electron chi connectivity index (χ4n) is 1.71. The third-order valence-corrected chi connectivity index (χ3v) is 4.04. The number of carboxylic acid groups (broad SMARTS) is 1. The second-order valence-corrected chi connectivity index (χ2v) is 5.83. The van der Waals surface area contributed by atoms with Gasteiger partial charge in [0, 0.05) is 0 Å². The molecule has 2 aromatic rings. The van der Waals surface area contributed by atoms with Gasteiger partial charge in [-0.15, -0.1) is 0 Å². The van der Waals surface area contributed by atoms with E-state index in [1.54, 1.807) is 48.5 Å². The van der Waals surface area contributed by atoms with Gasteiger partial charge in [-0.2, -0.15) is 8.42 Å². The Labute approximate surface area is 122 Å². The first kappa shape index (κ1) is 14.9. The van der Waals surface area contributed by atoms with E-state index in [-0.39, 0.29) is 16.5 Å². The highest BCUT2D eigenvalue weighted by Gasteiger charge is 2.22. The van der Waals surface area contributed by atoms with Gasteiger partial charge in [-0.1, -0.05) is 48.5 Å². The van der Waals surface area contributed by atoms with Gasteiger partial charge in [0.2, 0.25) is 0 Å². The number of benzene rings is 2. The van der Waals surface area contributed by atoms with Gasteiger partial charge in [-0.25, -0.2) is 4.31 Å². The fourth-order valence-corrected chi connectivity index (χ4v) is 2.77. The molecule has 1 N–H and O–H groups in total. The summed E-state index contributed by atoms with van der Waals surface area (Å²) in [4.78, 5) is 11.1. The quantitative estimate of drug-likeness (QED) is 0.898. The van der Waals surface area contributed by atoms with Crippen LogP contribution in [0.25, 0.3) is 0 Å². The van der Waals surface area contributed by atoms with Crippen LogP contribution < -0.4 is 9.83 Å². The second-order valence-electron chi connectivity index (χ2n) is 4.23. The first-order chi connectivity index (χ1) is 9.99. The molecule has 21 heavy (non-hydrogen) atoms. The molecule has 1 amide bonds. The lowest BCUT2D eigenvalue weighted by molar-refractivity contribution is -0.259. The molecule has 0 aliphatic heterocycles. The van der Waals surface area contributed by atoms with Crippen molar-refractivity contribution in [2.45, 2.75) is 6.54 Å². The van der Waals surface area contributed by atoms with Crippen LogP contribution in [0.5, 0.6) is 0 Å². The highest BCUT2D eigenvalue weighted by atomic mass is 32.2. The summed E-state index contributed by atoms with van der Waals surface area (Å²) in [6.07, 6.45) is -1.79. The first-order valence-electron chi connectivity index (χ1n) is 6.09. The van der Waals surface area contributed by atoms with Crippen LogP contribution in [0.15, 0.2) is 60.7 Å². The van der Waals surface area contributed by atoms with E-state index < -0.39 is 16.3 Å². The van der Waals surface area contributed by atoms with Crippen LogP contribution in [0.1, 0.15) is 5.56 Å². The summed E-state index contributed by atoms with van der Waals surface area (Å²) < 4.78 is 26.7. The van der Waals surface area contributed by atoms with E-state index >= 15 is 0 Å². The molecule has 0 heterocycles. The highest BCUT2D eigenvalue weighted by molar-refractivity contribution is 7.90. The minimum absolute atomic E-state index is 0.259. The van der Waals surface area contributed by atoms with Crippen molar-refractivity contribution in [2.24, 2.45) is 0 Å². The molecule has 0 fully saturated rings. The third-order valence-electron chi connectivity index (χ3n) is 2.68. The number of amides is 1. The SMILES string of the molecule is O=C([O-])N(Cc1ccccc1)S(=O)(=O)Nc1ccccc1. The van der Waals surface area contributed by atoms with Crippen LogP contribution in [0.2, 0.25) is 0 Å². The van der Waals surface area contributed by atoms with E-state index in [1.165, 1.54) is 12.1 Å². The van der Waals surface area contributed by atoms with Crippen molar-refractivity contribution in [3.8, 4) is 0 Å². The van der Waals surface area contributed by atoms with Gasteiger partial charge in [0.05, 0.1) is 12.2 Å². The topological polar surface area (TPSA) is 89.5 Å². The Hall–Kier alpha value is -2.54. The molecule has 0 aromatic heterocycles. The van der Waals surface area contributed by atoms with Crippen LogP contribution >= 0.6 is 0 Å². The average Bonchev–Trinajstić information content (AvgIpc) is 2.46. The standard InChI is InChI=1S/C14H14N2O4S/c17-14(18)16(11-12-7-3-1-4-8-12)21(19,20)15-13-9-5-2-6-10-13/h1-10,15H,11H2,(H,17,18)/p-1. The summed E-state index contributed by atoms with van der Waals surface area (Å²) >= 11 is 0. The van der Waals surface area contributed by atoms with Crippen molar-refractivity contribution in [2.75, 3.05) is 4.72 Å². The van der Waals surface area contributed by atoms with Crippen LogP contribution in [-0.4, -0.2) is 18.8 Å². The highest BCUT2D eigenvalue weighted by Crippen LogP contribution is 2.13. The van der Waals surface area contributed by atoms with Crippen LogP contribution in [0.3, 0.4) is 0 Å². The van der Waals surface area contributed by atoms with E-state index in [0.29, 0.717) is 5.56 Å². The number of rotatable bonds is 5. The van der Waals surface area contributed by atoms with Crippen molar-refractivity contribution >= 4 is 22.0 Å². The van der Waals surface area contributed by atoms with Gasteiger partial charge in [-0.05, 0) is 17.7 Å². The van der Waals surface area contributed by atoms with Crippen molar-refractivity contribution in [3.05, 3.63) is 66.2 Å². The Bertz CT molecular complexity index is 702. The van der Waals surface area contributed by atoms with Crippen molar-refractivity contribution in [1.82, 2.24) is 4.31 Å². The molecule has 0 spiro atoms. The van der Waals surface area contributed by atoms with Crippen molar-refractivity contribution < 1.29 is 18.3 Å². The molecule has 7 heteroatoms. The zero-order valence-corrected chi connectivity index (χ0v) is 11.8. The van der Waals surface area contributed by atoms with E-state index in [4.69, 9.17) is 0 Å². The molecular weight excluding hydrogens is 292 g/mol. The maximum Gasteiger partial charge on any atom is 0.325 e. The normalized spacial score (nSPS) is 10.9. The molecule has 0 unspecified atom stereocenters. The van der Waals surface area contributed by atoms with E-state index in [0.717, 1.165) is 0 Å². The molecule has 0 aliphatic rings. The summed E-state index contributed by atoms with van der Waals surface area (Å²) in [5.41, 5.74) is 0.817. The van der Waals surface area contributed by atoms with Crippen LogP contribution in [0, 0.1) is 0 Å². The lowest BCUT2D eigenvalue weighted by Crippen LogP contribution is -2.46. The smallest absolute Gasteiger partial charge is 0.325 e. The van der Waals surface area contributed by atoms with Gasteiger partial charge < -0.3 is 9.90 Å². The molecule has 0 saturated carbocycles. The Kier molecular flexibility index (Phi) is 4.44. The Morgan fingerprint density at radius 3 is 2.05 bits per heavy atom. The minimum atomic E-state index is -4.25. The van der Waals surface area contributed by atoms with Gasteiger partial charge in [0.15, 0.2) is 6.09 Å². The Morgan fingerprint density at radius 2 is 1.52 bits per heavy atom. The molecule has 2 rings (SSSR count). The summed E-state index contributed by atoms with van der Waals surface area (Å²) in [5.74, 6) is 0. The molecule has 110 valence electrons. The molecule has 0 saturated heterocycles. The second kappa shape index (κ2) is 6.27. The van der Waals surface area contributed by atoms with Crippen LogP contribution in [-0.2, 0) is 16.8 Å². The van der Waals surface area contributed by atoms with E-state index in [9.17, 15) is 18.3 Å². The summed E-state index contributed by atoms with van der Waals surface area (Å²) in [7, 11) is -4.25. The number of nitrogens with zero attached hydrogens (tertiary/aromatic N) is 1. The van der Waals surface area contributed by atoms with Crippen molar-refractivity contribution in [1.29, 1.82) is 0 Å². The lowest BCUT2D eigenvalue weighted by atomic mass is 10.2. The lowest BCUT2D eigenvalue weighted by Gasteiger charge is -2.25. The fraction of sp³-hybridized carbons (Fsp3) is 0.0714. The summed E-state index contributed by atoms with van der Waals surface area (Å²) in [6, 6.07) is 16.4. The Balaban J connectivity index is 2.23. The minimum Gasteiger partial charge on any atom is -0.529 e. The molecule has 6 nitrogen and oxygen atoms in total. The number of nitrogens with one attached hydrogen (secondary N) is 1. The molecule has 0 radical (unpaired) electrons. The van der Waals surface area contributed by atoms with Crippen molar-refractivity contribution in [3.63, 3.8) is 0 Å². The average molecular weight is 305 g/mol. The first-order valence-corrected chi connectivity index (χ1v) is 7.53. The molecular formula is C14H13N2O4S-. The molecule has 0 aliphatic carbocycles. The Morgan fingerprint density at radius 1 is 1.00 bits per heavy atom. The van der Waals surface area contributed by atoms with E-state index in [1.807, 2.05) is 0 Å². The number of anilines is 1. The van der Waals surface area contributed by atoms with Gasteiger partial charge in [-0.3, -0.25) is 4.72 Å². The van der Waals surface area contributed by atoms with Gasteiger partial charge >= 0.3 is 10.2 Å². The zero-order valence-electron chi connectivity index (χ0n) is 11.0. The number of para-hydroxylation sites is 1. The summed E-state index contributed by atoms with van der Waals surface area (Å²) in [5, 5.41) is 11.1. The maximum atomic E-state index is 12.1. The molecule has 2 aromatic carbocycles. The van der Waals surface area contributed by atoms with Crippen LogP contribution in [0.4, 0.5) is 10.5 Å². The van der Waals surface area contributed by atoms with E-state index in [2.05, 4.69) is 4.72 Å². The monoisotopic (exact) mass is 305 g/mol. The predicted octanol–water partition coefficient (Wildman–Crippen LogP) is 1.19. The third kappa shape index (κ3) is 3.96. The summed E-state index contributed by atoms with van der Waals surface area (Å²) in [6.45, 7) is -0.314. The predicted molar refractivity (Wildman–Crippen MR) is 76.4 cm³/mol. The number of carbonyl (C=O) groups excluding carboxylic acids is 1. The number of hydrogen-bond donors (Lipinski definition) is 1. The molecule has 0 atom stereocenters. The zero-order chi connectivity index (χ0) is 15.3.